The van der Waals surface area contributed by atoms with Gasteiger partial charge in [0.1, 0.15) is 11.2 Å². The first-order valence-electron chi connectivity index (χ1n) is 23.8. The summed E-state index contributed by atoms with van der Waals surface area (Å²) in [6.45, 7) is 0. The maximum absolute atomic E-state index is 6.39. The summed E-state index contributed by atoms with van der Waals surface area (Å²) in [4.78, 5) is 2.44. The Hall–Kier alpha value is -8.98. The van der Waals surface area contributed by atoms with Crippen molar-refractivity contribution in [2.24, 2.45) is 0 Å². The molecule has 14 rings (SSSR count). The number of nitrogens with zero attached hydrogens (tertiary/aromatic N) is 1. The standard InChI is InChI=1S/C67H43NO/c1-3-18-47(19-4-1)67(48-20-5-2-6-21-48)62-30-13-11-27-58(62)59-40-38-51(43-63(59)67)68(50-22-15-17-46(41-50)52-29-16-32-65-66(52)60-28-12-14-31-64(60)69-65)49-36-33-44(34-37-49)45-35-39-57-55-25-8-7-23-53(55)54-24-9-10-26-56(54)61(57)42-45/h1-43H. The van der Waals surface area contributed by atoms with E-state index in [2.05, 4.69) is 260 Å². The highest BCUT2D eigenvalue weighted by Gasteiger charge is 2.46. The molecule has 0 unspecified atom stereocenters. The maximum atomic E-state index is 6.39. The molecule has 1 aliphatic carbocycles. The number of furan rings is 1. The fourth-order valence-corrected chi connectivity index (χ4v) is 11.7. The van der Waals surface area contributed by atoms with Crippen molar-refractivity contribution in [1.82, 2.24) is 0 Å². The molecule has 0 bridgehead atoms. The quantitative estimate of drug-likeness (QED) is 0.148. The summed E-state index contributed by atoms with van der Waals surface area (Å²) in [5.41, 5.74) is 16.6. The van der Waals surface area contributed by atoms with E-state index in [1.807, 2.05) is 6.07 Å². The molecular formula is C67H43NO. The monoisotopic (exact) mass is 877 g/mol. The number of hydrogen-bond donors (Lipinski definition) is 0. The fraction of sp³-hybridized carbons (Fsp3) is 0.0149. The van der Waals surface area contributed by atoms with Crippen LogP contribution in [0.25, 0.3) is 87.6 Å². The molecule has 0 aliphatic heterocycles. The van der Waals surface area contributed by atoms with Gasteiger partial charge in [-0.1, -0.05) is 206 Å². The van der Waals surface area contributed by atoms with Gasteiger partial charge in [-0.3, -0.25) is 0 Å². The van der Waals surface area contributed by atoms with Gasteiger partial charge in [0, 0.05) is 27.8 Å². The van der Waals surface area contributed by atoms with Crippen LogP contribution in [0.4, 0.5) is 17.1 Å². The molecule has 69 heavy (non-hydrogen) atoms. The van der Waals surface area contributed by atoms with Crippen molar-refractivity contribution in [3.8, 4) is 33.4 Å². The normalized spacial score (nSPS) is 12.8. The lowest BCUT2D eigenvalue weighted by Gasteiger charge is -2.35. The van der Waals surface area contributed by atoms with Crippen molar-refractivity contribution >= 4 is 71.3 Å². The van der Waals surface area contributed by atoms with Crippen molar-refractivity contribution in [3.05, 3.63) is 283 Å². The minimum Gasteiger partial charge on any atom is -0.456 e. The van der Waals surface area contributed by atoms with Gasteiger partial charge < -0.3 is 9.32 Å². The van der Waals surface area contributed by atoms with Crippen LogP contribution in [-0.2, 0) is 5.41 Å². The molecule has 1 heterocycles. The predicted octanol–water partition coefficient (Wildman–Crippen LogP) is 18.2. The molecule has 0 spiro atoms. The smallest absolute Gasteiger partial charge is 0.136 e. The van der Waals surface area contributed by atoms with Crippen LogP contribution in [0, 0.1) is 0 Å². The van der Waals surface area contributed by atoms with Gasteiger partial charge in [0.05, 0.1) is 5.41 Å². The van der Waals surface area contributed by atoms with Crippen LogP contribution in [0.1, 0.15) is 22.3 Å². The molecule has 0 amide bonds. The zero-order valence-electron chi connectivity index (χ0n) is 37.7. The molecule has 322 valence electrons. The highest BCUT2D eigenvalue weighted by atomic mass is 16.3. The van der Waals surface area contributed by atoms with Crippen LogP contribution in [-0.4, -0.2) is 0 Å². The second-order valence-corrected chi connectivity index (χ2v) is 18.3. The van der Waals surface area contributed by atoms with Crippen molar-refractivity contribution in [3.63, 3.8) is 0 Å². The first kappa shape index (κ1) is 39.2. The third kappa shape index (κ3) is 5.99. The van der Waals surface area contributed by atoms with Crippen LogP contribution in [0.2, 0.25) is 0 Å². The van der Waals surface area contributed by atoms with Crippen LogP contribution in [0.5, 0.6) is 0 Å². The lowest BCUT2D eigenvalue weighted by molar-refractivity contribution is 0.669. The Bertz CT molecular complexity index is 4050. The highest BCUT2D eigenvalue weighted by molar-refractivity contribution is 6.25. The molecule has 0 radical (unpaired) electrons. The number of fused-ring (bicyclic) bond motifs is 12. The van der Waals surface area contributed by atoms with Crippen LogP contribution < -0.4 is 4.90 Å². The van der Waals surface area contributed by atoms with Gasteiger partial charge in [-0.2, -0.15) is 0 Å². The zero-order valence-corrected chi connectivity index (χ0v) is 37.7. The number of para-hydroxylation sites is 1. The van der Waals surface area contributed by atoms with Crippen molar-refractivity contribution in [2.45, 2.75) is 5.41 Å². The molecule has 0 atom stereocenters. The van der Waals surface area contributed by atoms with Crippen molar-refractivity contribution < 1.29 is 4.42 Å². The Balaban J connectivity index is 0.969. The van der Waals surface area contributed by atoms with Crippen LogP contribution in [0.15, 0.2) is 265 Å². The summed E-state index contributed by atoms with van der Waals surface area (Å²) < 4.78 is 6.39. The van der Waals surface area contributed by atoms with Gasteiger partial charge in [0.2, 0.25) is 0 Å². The SMILES string of the molecule is c1ccc(C2(c3ccccc3)c3ccccc3-c3ccc(N(c4ccc(-c5ccc6c7ccccc7c7ccccc7c6c5)cc4)c4cccc(-c5cccc6oc7ccccc7c56)c4)cc32)cc1. The Morgan fingerprint density at radius 2 is 0.797 bits per heavy atom. The van der Waals surface area contributed by atoms with E-state index in [9.17, 15) is 0 Å². The molecule has 0 fully saturated rings. The minimum atomic E-state index is -0.536. The second kappa shape index (κ2) is 15.6. The molecule has 13 aromatic rings. The van der Waals surface area contributed by atoms with Crippen molar-refractivity contribution in [1.29, 1.82) is 0 Å². The topological polar surface area (TPSA) is 16.4 Å². The van der Waals surface area contributed by atoms with E-state index in [-0.39, 0.29) is 0 Å². The van der Waals surface area contributed by atoms with Gasteiger partial charge in [-0.25, -0.2) is 0 Å². The highest BCUT2D eigenvalue weighted by Crippen LogP contribution is 2.57. The Kier molecular flexibility index (Phi) is 8.84. The molecule has 0 saturated carbocycles. The molecule has 2 nitrogen and oxygen atoms in total. The van der Waals surface area contributed by atoms with E-state index in [1.165, 1.54) is 76.8 Å². The average Bonchev–Trinajstić information content (AvgIpc) is 3.96. The third-order valence-electron chi connectivity index (χ3n) is 14.7. The molecule has 0 N–H and O–H groups in total. The summed E-state index contributed by atoms with van der Waals surface area (Å²) >= 11 is 0. The van der Waals surface area contributed by atoms with Gasteiger partial charge in [0.15, 0.2) is 0 Å². The summed E-state index contributed by atoms with van der Waals surface area (Å²) in [6, 6.07) is 95.7. The Morgan fingerprint density at radius 3 is 1.52 bits per heavy atom. The summed E-state index contributed by atoms with van der Waals surface area (Å²) in [6.07, 6.45) is 0. The largest absolute Gasteiger partial charge is 0.456 e. The molecule has 2 heteroatoms. The lowest BCUT2D eigenvalue weighted by atomic mass is 9.67. The van der Waals surface area contributed by atoms with Gasteiger partial charge in [-0.15, -0.1) is 0 Å². The lowest BCUT2D eigenvalue weighted by Crippen LogP contribution is -2.28. The summed E-state index contributed by atoms with van der Waals surface area (Å²) in [7, 11) is 0. The van der Waals surface area contributed by atoms with E-state index in [1.54, 1.807) is 0 Å². The van der Waals surface area contributed by atoms with Crippen LogP contribution in [0.3, 0.4) is 0 Å². The number of rotatable bonds is 7. The summed E-state index contributed by atoms with van der Waals surface area (Å²) in [5.74, 6) is 0. The minimum absolute atomic E-state index is 0.536. The molecule has 1 aliphatic rings. The fourth-order valence-electron chi connectivity index (χ4n) is 11.7. The molecule has 1 aromatic heterocycles. The van der Waals surface area contributed by atoms with Crippen LogP contribution >= 0.6 is 0 Å². The van der Waals surface area contributed by atoms with E-state index in [0.29, 0.717) is 0 Å². The molecule has 12 aromatic carbocycles. The molecule has 0 saturated heterocycles. The van der Waals surface area contributed by atoms with Gasteiger partial charge >= 0.3 is 0 Å². The maximum Gasteiger partial charge on any atom is 0.136 e. The number of hydrogen-bond acceptors (Lipinski definition) is 2. The average molecular weight is 878 g/mol. The van der Waals surface area contributed by atoms with E-state index >= 15 is 0 Å². The van der Waals surface area contributed by atoms with Crippen molar-refractivity contribution in [2.75, 3.05) is 4.90 Å². The van der Waals surface area contributed by atoms with Gasteiger partial charge in [-0.05, 0) is 143 Å². The van der Waals surface area contributed by atoms with E-state index in [0.717, 1.165) is 50.1 Å². The first-order chi connectivity index (χ1) is 34.2. The second-order valence-electron chi connectivity index (χ2n) is 18.3. The molecular weight excluding hydrogens is 835 g/mol. The Morgan fingerprint density at radius 1 is 0.275 bits per heavy atom. The zero-order chi connectivity index (χ0) is 45.5. The Labute approximate surface area is 400 Å². The number of anilines is 3. The summed E-state index contributed by atoms with van der Waals surface area (Å²) in [5, 5.41) is 9.91. The first-order valence-corrected chi connectivity index (χ1v) is 23.8. The number of benzene rings is 12. The van der Waals surface area contributed by atoms with E-state index in [4.69, 9.17) is 4.42 Å². The van der Waals surface area contributed by atoms with Gasteiger partial charge in [0.25, 0.3) is 0 Å². The predicted molar refractivity (Wildman–Crippen MR) is 289 cm³/mol. The van der Waals surface area contributed by atoms with E-state index < -0.39 is 5.41 Å². The third-order valence-corrected chi connectivity index (χ3v) is 14.7.